The van der Waals surface area contributed by atoms with Crippen LogP contribution in [0.1, 0.15) is 17.0 Å². The third-order valence-corrected chi connectivity index (χ3v) is 9.60. The number of halogens is 4. The van der Waals surface area contributed by atoms with E-state index in [4.69, 9.17) is 51.4 Å². The van der Waals surface area contributed by atoms with Crippen LogP contribution in [-0.4, -0.2) is 19.9 Å². The summed E-state index contributed by atoms with van der Waals surface area (Å²) in [4.78, 5) is 16.2. The lowest BCUT2D eigenvalue weighted by Crippen LogP contribution is -1.89. The summed E-state index contributed by atoms with van der Waals surface area (Å²) >= 11 is 27.3. The molecule has 0 unspecified atom stereocenters. The first kappa shape index (κ1) is 29.0. The van der Waals surface area contributed by atoms with Crippen LogP contribution in [0.25, 0.3) is 78.6 Å². The Kier molecular flexibility index (Phi) is 7.19. The molecule has 0 spiro atoms. The highest BCUT2D eigenvalue weighted by Gasteiger charge is 2.20. The molecule has 1 aliphatic heterocycles. The van der Waals surface area contributed by atoms with E-state index >= 15 is 0 Å². The molecule has 224 valence electrons. The maximum Gasteiger partial charge on any atom is 0.0738 e. The molecule has 0 radical (unpaired) electrons. The summed E-state index contributed by atoms with van der Waals surface area (Å²) in [5.41, 5.74) is 13.0. The fraction of sp³-hybridized carbons (Fsp3) is 0.0263. The van der Waals surface area contributed by atoms with E-state index in [-0.39, 0.29) is 0 Å². The van der Waals surface area contributed by atoms with E-state index < -0.39 is 0 Å². The number of nitrogens with one attached hydrogen (secondary N) is 3. The second-order valence-electron chi connectivity index (χ2n) is 11.3. The van der Waals surface area contributed by atoms with Crippen LogP contribution in [-0.2, 0) is 0 Å². The summed E-state index contributed by atoms with van der Waals surface area (Å²) in [6.45, 7) is 2.08. The lowest BCUT2D eigenvalue weighted by atomic mass is 10.0. The van der Waals surface area contributed by atoms with Crippen molar-refractivity contribution in [3.05, 3.63) is 134 Å². The fourth-order valence-corrected chi connectivity index (χ4v) is 7.35. The molecule has 3 N–H and O–H groups in total. The molecule has 46 heavy (non-hydrogen) atoms. The summed E-state index contributed by atoms with van der Waals surface area (Å²) < 4.78 is 0. The number of hydrogen-bond acceptors (Lipinski definition) is 1. The second kappa shape index (κ2) is 11.4. The van der Waals surface area contributed by atoms with E-state index in [2.05, 4.69) is 58.3 Å². The number of hydrogen-bond donors (Lipinski definition) is 3. The monoisotopic (exact) mass is 676 g/mol. The zero-order valence-corrected chi connectivity index (χ0v) is 27.4. The van der Waals surface area contributed by atoms with Crippen LogP contribution in [0.15, 0.2) is 97.1 Å². The molecule has 3 aromatic carbocycles. The highest BCUT2D eigenvalue weighted by Crippen LogP contribution is 2.42. The molecule has 0 amide bonds. The zero-order chi connectivity index (χ0) is 31.5. The molecule has 0 atom stereocenters. The summed E-state index contributed by atoms with van der Waals surface area (Å²) in [7, 11) is 0. The van der Waals surface area contributed by atoms with Gasteiger partial charge in [-0.2, -0.15) is 0 Å². The molecule has 1 aliphatic rings. The van der Waals surface area contributed by atoms with Gasteiger partial charge in [-0.1, -0.05) is 88.4 Å². The smallest absolute Gasteiger partial charge is 0.0738 e. The Balaban J connectivity index is 1.59. The lowest BCUT2D eigenvalue weighted by Gasteiger charge is -2.09. The van der Waals surface area contributed by atoms with Gasteiger partial charge in [-0.3, -0.25) is 0 Å². The Labute approximate surface area is 284 Å². The molecule has 0 fully saturated rings. The van der Waals surface area contributed by atoms with E-state index in [0.717, 1.165) is 72.3 Å². The van der Waals surface area contributed by atoms with Crippen LogP contribution in [0.5, 0.6) is 0 Å². The van der Waals surface area contributed by atoms with E-state index in [1.54, 1.807) is 0 Å². The number of aromatic nitrogens is 4. The van der Waals surface area contributed by atoms with E-state index in [1.807, 2.05) is 72.8 Å². The average Bonchev–Trinajstić information content (AvgIpc) is 3.86. The van der Waals surface area contributed by atoms with E-state index in [9.17, 15) is 0 Å². The Morgan fingerprint density at radius 3 is 1.33 bits per heavy atom. The van der Waals surface area contributed by atoms with Gasteiger partial charge in [0.2, 0.25) is 0 Å². The predicted molar refractivity (Wildman–Crippen MR) is 196 cm³/mol. The van der Waals surface area contributed by atoms with E-state index in [0.29, 0.717) is 25.7 Å². The highest BCUT2D eigenvalue weighted by atomic mass is 35.5. The number of benzene rings is 3. The van der Waals surface area contributed by atoms with Crippen molar-refractivity contribution in [3.63, 3.8) is 0 Å². The highest BCUT2D eigenvalue weighted by molar-refractivity contribution is 6.40. The van der Waals surface area contributed by atoms with Gasteiger partial charge in [0.05, 0.1) is 42.5 Å². The normalized spacial score (nSPS) is 11.9. The van der Waals surface area contributed by atoms with Gasteiger partial charge >= 0.3 is 0 Å². The molecule has 4 aromatic heterocycles. The van der Waals surface area contributed by atoms with Gasteiger partial charge in [0.25, 0.3) is 0 Å². The third-order valence-electron chi connectivity index (χ3n) is 8.34. The zero-order valence-electron chi connectivity index (χ0n) is 24.4. The Morgan fingerprint density at radius 1 is 0.413 bits per heavy atom. The topological polar surface area (TPSA) is 60.3 Å². The van der Waals surface area contributed by atoms with Crippen LogP contribution in [0.3, 0.4) is 0 Å². The Morgan fingerprint density at radius 2 is 0.804 bits per heavy atom. The minimum atomic E-state index is 0.538. The quantitative estimate of drug-likeness (QED) is 0.171. The lowest BCUT2D eigenvalue weighted by molar-refractivity contribution is 1.32. The van der Waals surface area contributed by atoms with Gasteiger partial charge in [0.1, 0.15) is 0 Å². The van der Waals surface area contributed by atoms with Gasteiger partial charge in [0, 0.05) is 49.9 Å². The van der Waals surface area contributed by atoms with Crippen LogP contribution < -0.4 is 0 Å². The first-order valence-electron chi connectivity index (χ1n) is 14.7. The minimum Gasteiger partial charge on any atom is -0.354 e. The van der Waals surface area contributed by atoms with Gasteiger partial charge < -0.3 is 15.0 Å². The molecule has 4 nitrogen and oxygen atoms in total. The van der Waals surface area contributed by atoms with Crippen molar-refractivity contribution in [3.8, 4) is 33.4 Å². The van der Waals surface area contributed by atoms with Crippen molar-refractivity contribution in [2.45, 2.75) is 6.92 Å². The molecule has 0 saturated heterocycles. The third kappa shape index (κ3) is 4.90. The van der Waals surface area contributed by atoms with Crippen LogP contribution in [0.2, 0.25) is 20.1 Å². The maximum absolute atomic E-state index is 6.84. The van der Waals surface area contributed by atoms with Crippen molar-refractivity contribution >= 4 is 91.7 Å². The largest absolute Gasteiger partial charge is 0.354 e. The second-order valence-corrected chi connectivity index (χ2v) is 12.9. The first-order chi connectivity index (χ1) is 22.4. The molecule has 7 aromatic rings. The number of rotatable bonds is 3. The first-order valence-corrected chi connectivity index (χ1v) is 16.2. The summed E-state index contributed by atoms with van der Waals surface area (Å²) in [5.74, 6) is 0. The fourth-order valence-electron chi connectivity index (χ4n) is 6.17. The van der Waals surface area contributed by atoms with Gasteiger partial charge in [0.15, 0.2) is 0 Å². The molecule has 5 heterocycles. The summed E-state index contributed by atoms with van der Waals surface area (Å²) in [5, 5.41) is 2.18. The molecule has 0 saturated carbocycles. The van der Waals surface area contributed by atoms with Crippen molar-refractivity contribution < 1.29 is 0 Å². The molecule has 8 bridgehead atoms. The van der Waals surface area contributed by atoms with Crippen molar-refractivity contribution in [1.82, 2.24) is 19.9 Å². The average molecular weight is 678 g/mol. The molecular weight excluding hydrogens is 654 g/mol. The van der Waals surface area contributed by atoms with Crippen LogP contribution >= 0.6 is 46.4 Å². The summed E-state index contributed by atoms with van der Waals surface area (Å²) in [6, 6.07) is 31.8. The van der Waals surface area contributed by atoms with Crippen molar-refractivity contribution in [1.29, 1.82) is 0 Å². The van der Waals surface area contributed by atoms with Gasteiger partial charge in [-0.15, -0.1) is 0 Å². The van der Waals surface area contributed by atoms with Crippen molar-refractivity contribution in [2.24, 2.45) is 0 Å². The number of fused-ring (bicyclic) bond motifs is 9. The predicted octanol–water partition coefficient (Wildman–Crippen LogP) is 12.6. The number of aromatic amines is 3. The standard InChI is InChI=1S/C38H24Cl4N4/c1-20-8-10-21(11-9-20)34-28-16-18-32(45-28)37(35-22(39)4-2-5-23(35)40)30-14-12-26(43-30)27-13-15-31(44-27)38(33-19-17-29(34)46-33)36-24(41)6-3-7-25(36)42/h2-19,43-45H,1H3. The number of H-pyrrole nitrogens is 3. The van der Waals surface area contributed by atoms with E-state index in [1.165, 1.54) is 5.56 Å². The SMILES string of the molecule is Cc1ccc(-c2c3nc(c(-c4c(Cl)cccc4Cl)c4ccc([nH]4)c4ccc([nH]4)c(-c4c(Cl)cccc4Cl)c4ccc2[nH]4)C=C3)cc1. The maximum atomic E-state index is 6.84. The molecule has 8 heteroatoms. The van der Waals surface area contributed by atoms with Gasteiger partial charge in [-0.25, -0.2) is 4.98 Å². The molecular formula is C38H24Cl4N4. The van der Waals surface area contributed by atoms with Gasteiger partial charge in [-0.05, 0) is 85.3 Å². The summed E-state index contributed by atoms with van der Waals surface area (Å²) in [6.07, 6.45) is 4.06. The number of nitrogens with zero attached hydrogens (tertiary/aromatic N) is 1. The van der Waals surface area contributed by atoms with Crippen molar-refractivity contribution in [2.75, 3.05) is 0 Å². The Hall–Kier alpha value is -4.45. The Bertz CT molecular complexity index is 2440. The van der Waals surface area contributed by atoms with Crippen LogP contribution in [0, 0.1) is 6.92 Å². The van der Waals surface area contributed by atoms with Crippen LogP contribution in [0.4, 0.5) is 0 Å². The minimum absolute atomic E-state index is 0.538. The molecule has 8 rings (SSSR count). The molecule has 0 aliphatic carbocycles. The number of aryl methyl sites for hydroxylation is 1.